The summed E-state index contributed by atoms with van der Waals surface area (Å²) in [4.78, 5) is 11.8. The molecule has 0 fully saturated rings. The second kappa shape index (κ2) is 7.62. The number of nitrogens with one attached hydrogen (secondary N) is 1. The number of furan rings is 1. The van der Waals surface area contributed by atoms with E-state index < -0.39 is 0 Å². The maximum absolute atomic E-state index is 11.8. The smallest absolute Gasteiger partial charge is 0.244 e. The number of carbonyl (C=O) groups is 1. The van der Waals surface area contributed by atoms with E-state index in [-0.39, 0.29) is 12.3 Å². The van der Waals surface area contributed by atoms with Gasteiger partial charge in [0.05, 0.1) is 17.7 Å². The fourth-order valence-electron chi connectivity index (χ4n) is 2.22. The van der Waals surface area contributed by atoms with Crippen LogP contribution in [0.2, 0.25) is 5.02 Å². The van der Waals surface area contributed by atoms with Gasteiger partial charge >= 0.3 is 0 Å². The zero-order valence-electron chi connectivity index (χ0n) is 12.8. The summed E-state index contributed by atoms with van der Waals surface area (Å²) in [6, 6.07) is 20.5. The van der Waals surface area contributed by atoms with Crippen molar-refractivity contribution in [3.05, 3.63) is 83.1 Å². The van der Waals surface area contributed by atoms with Crippen molar-refractivity contribution in [3.63, 3.8) is 0 Å². The van der Waals surface area contributed by atoms with Crippen molar-refractivity contribution in [3.8, 4) is 11.3 Å². The summed E-state index contributed by atoms with van der Waals surface area (Å²) in [5, 5.41) is 4.53. The molecule has 1 N–H and O–H groups in total. The molecule has 0 aliphatic heterocycles. The lowest BCUT2D eigenvalue weighted by atomic mass is 10.1. The molecule has 5 heteroatoms. The average molecular weight is 339 g/mol. The molecule has 2 aromatic carbocycles. The molecule has 0 atom stereocenters. The number of halogens is 1. The Kier molecular flexibility index (Phi) is 5.08. The van der Waals surface area contributed by atoms with Crippen molar-refractivity contribution >= 4 is 23.7 Å². The summed E-state index contributed by atoms with van der Waals surface area (Å²) >= 11 is 6.14. The van der Waals surface area contributed by atoms with Gasteiger partial charge in [-0.2, -0.15) is 5.10 Å². The van der Waals surface area contributed by atoms with E-state index in [0.29, 0.717) is 16.5 Å². The molecule has 0 aliphatic rings. The van der Waals surface area contributed by atoms with Crippen molar-refractivity contribution < 1.29 is 9.21 Å². The Morgan fingerprint density at radius 1 is 1.04 bits per heavy atom. The second-order valence-corrected chi connectivity index (χ2v) is 5.54. The van der Waals surface area contributed by atoms with Crippen LogP contribution in [-0.2, 0) is 11.2 Å². The topological polar surface area (TPSA) is 54.6 Å². The summed E-state index contributed by atoms with van der Waals surface area (Å²) in [6.45, 7) is 0. The van der Waals surface area contributed by atoms with Gasteiger partial charge in [0, 0.05) is 5.56 Å². The minimum Gasteiger partial charge on any atom is -0.455 e. The van der Waals surface area contributed by atoms with Gasteiger partial charge in [-0.05, 0) is 29.8 Å². The first-order valence-electron chi connectivity index (χ1n) is 7.43. The minimum atomic E-state index is -0.185. The molecule has 120 valence electrons. The molecule has 0 unspecified atom stereocenters. The molecular formula is C19H15ClN2O2. The standard InChI is InChI=1S/C19H15ClN2O2/c20-17-9-5-4-8-16(17)18-11-10-15(24-18)13-21-22-19(23)12-14-6-2-1-3-7-14/h1-11,13H,12H2,(H,22,23)/b21-13+. The summed E-state index contributed by atoms with van der Waals surface area (Å²) in [5.74, 6) is 0.998. The minimum absolute atomic E-state index is 0.185. The maximum atomic E-state index is 11.8. The fraction of sp³-hybridized carbons (Fsp3) is 0.0526. The third kappa shape index (κ3) is 4.12. The number of hydrogen-bond donors (Lipinski definition) is 1. The molecule has 3 aromatic rings. The largest absolute Gasteiger partial charge is 0.455 e. The van der Waals surface area contributed by atoms with Gasteiger partial charge in [0.1, 0.15) is 11.5 Å². The predicted molar refractivity (Wildman–Crippen MR) is 95.0 cm³/mol. The summed E-state index contributed by atoms with van der Waals surface area (Å²) in [5.41, 5.74) is 4.23. The first-order chi connectivity index (χ1) is 11.7. The van der Waals surface area contributed by atoms with Crippen LogP contribution in [0.5, 0.6) is 0 Å². The van der Waals surface area contributed by atoms with Gasteiger partial charge in [0.2, 0.25) is 5.91 Å². The van der Waals surface area contributed by atoms with Crippen molar-refractivity contribution in [1.29, 1.82) is 0 Å². The molecule has 1 amide bonds. The van der Waals surface area contributed by atoms with Crippen LogP contribution >= 0.6 is 11.6 Å². The molecule has 3 rings (SSSR count). The molecule has 0 bridgehead atoms. The predicted octanol–water partition coefficient (Wildman–Crippen LogP) is 4.29. The first-order valence-corrected chi connectivity index (χ1v) is 7.81. The number of rotatable bonds is 5. The lowest BCUT2D eigenvalue weighted by molar-refractivity contribution is -0.120. The molecule has 0 saturated carbocycles. The molecule has 24 heavy (non-hydrogen) atoms. The Hall–Kier alpha value is -2.85. The molecular weight excluding hydrogens is 324 g/mol. The van der Waals surface area contributed by atoms with Crippen LogP contribution in [-0.4, -0.2) is 12.1 Å². The Morgan fingerprint density at radius 3 is 2.58 bits per heavy atom. The average Bonchev–Trinajstić information content (AvgIpc) is 3.05. The van der Waals surface area contributed by atoms with E-state index in [1.807, 2.05) is 54.6 Å². The van der Waals surface area contributed by atoms with E-state index in [0.717, 1.165) is 11.1 Å². The molecule has 0 aliphatic carbocycles. The number of nitrogens with zero attached hydrogens (tertiary/aromatic N) is 1. The highest BCUT2D eigenvalue weighted by Gasteiger charge is 2.07. The van der Waals surface area contributed by atoms with Crippen LogP contribution < -0.4 is 5.43 Å². The van der Waals surface area contributed by atoms with E-state index in [4.69, 9.17) is 16.0 Å². The number of hydrogen-bond acceptors (Lipinski definition) is 3. The monoisotopic (exact) mass is 338 g/mol. The highest BCUT2D eigenvalue weighted by Crippen LogP contribution is 2.28. The van der Waals surface area contributed by atoms with Crippen molar-refractivity contribution in [2.45, 2.75) is 6.42 Å². The van der Waals surface area contributed by atoms with Gasteiger partial charge in [-0.1, -0.05) is 54.1 Å². The van der Waals surface area contributed by atoms with Crippen LogP contribution in [0, 0.1) is 0 Å². The Bertz CT molecular complexity index is 857. The molecule has 1 aromatic heterocycles. The Balaban J connectivity index is 1.60. The molecule has 1 heterocycles. The van der Waals surface area contributed by atoms with Crippen LogP contribution in [0.15, 0.2) is 76.2 Å². The summed E-state index contributed by atoms with van der Waals surface area (Å²) in [7, 11) is 0. The SMILES string of the molecule is O=C(Cc1ccccc1)N/N=C/c1ccc(-c2ccccc2Cl)o1. The highest BCUT2D eigenvalue weighted by atomic mass is 35.5. The van der Waals surface area contributed by atoms with Crippen LogP contribution in [0.25, 0.3) is 11.3 Å². The zero-order chi connectivity index (χ0) is 16.8. The third-order valence-electron chi connectivity index (χ3n) is 3.35. The van der Waals surface area contributed by atoms with E-state index >= 15 is 0 Å². The van der Waals surface area contributed by atoms with Gasteiger partial charge in [-0.25, -0.2) is 5.43 Å². The number of hydrazone groups is 1. The zero-order valence-corrected chi connectivity index (χ0v) is 13.5. The molecule has 0 spiro atoms. The van der Waals surface area contributed by atoms with Gasteiger partial charge < -0.3 is 4.42 Å². The molecule has 0 radical (unpaired) electrons. The van der Waals surface area contributed by atoms with E-state index in [1.54, 1.807) is 12.1 Å². The number of carbonyl (C=O) groups excluding carboxylic acids is 1. The first kappa shape index (κ1) is 16.0. The second-order valence-electron chi connectivity index (χ2n) is 5.14. The Labute approximate surface area is 144 Å². The Morgan fingerprint density at radius 2 is 1.79 bits per heavy atom. The van der Waals surface area contributed by atoms with Crippen molar-refractivity contribution in [1.82, 2.24) is 5.43 Å². The highest BCUT2D eigenvalue weighted by molar-refractivity contribution is 6.33. The van der Waals surface area contributed by atoms with Crippen LogP contribution in [0.3, 0.4) is 0 Å². The van der Waals surface area contributed by atoms with Crippen molar-refractivity contribution in [2.24, 2.45) is 5.10 Å². The lowest BCUT2D eigenvalue weighted by Gasteiger charge is -2.00. The van der Waals surface area contributed by atoms with Gasteiger partial charge in [0.15, 0.2) is 0 Å². The van der Waals surface area contributed by atoms with E-state index in [1.165, 1.54) is 6.21 Å². The van der Waals surface area contributed by atoms with Crippen LogP contribution in [0.4, 0.5) is 0 Å². The van der Waals surface area contributed by atoms with Gasteiger partial charge in [-0.15, -0.1) is 0 Å². The quantitative estimate of drug-likeness (QED) is 0.557. The van der Waals surface area contributed by atoms with E-state index in [2.05, 4.69) is 10.5 Å². The summed E-state index contributed by atoms with van der Waals surface area (Å²) < 4.78 is 5.67. The van der Waals surface area contributed by atoms with E-state index in [9.17, 15) is 4.79 Å². The molecule has 0 saturated heterocycles. The van der Waals surface area contributed by atoms with Crippen molar-refractivity contribution in [2.75, 3.05) is 0 Å². The number of amides is 1. The van der Waals surface area contributed by atoms with Gasteiger partial charge in [0.25, 0.3) is 0 Å². The summed E-state index contributed by atoms with van der Waals surface area (Å²) in [6.07, 6.45) is 1.74. The lowest BCUT2D eigenvalue weighted by Crippen LogP contribution is -2.19. The van der Waals surface area contributed by atoms with Gasteiger partial charge in [-0.3, -0.25) is 4.79 Å². The van der Waals surface area contributed by atoms with Crippen LogP contribution in [0.1, 0.15) is 11.3 Å². The third-order valence-corrected chi connectivity index (χ3v) is 3.68. The normalized spacial score (nSPS) is 10.9. The maximum Gasteiger partial charge on any atom is 0.244 e. The number of benzene rings is 2. The molecule has 4 nitrogen and oxygen atoms in total. The fourth-order valence-corrected chi connectivity index (χ4v) is 2.45.